The lowest BCUT2D eigenvalue weighted by atomic mass is 9.99. The van der Waals surface area contributed by atoms with Gasteiger partial charge in [0.05, 0.1) is 24.6 Å². The maximum Gasteiger partial charge on any atom is 0.241 e. The number of aromatic hydroxyl groups is 1. The molecule has 0 aliphatic carbocycles. The molecule has 11 heteroatoms. The molecular weight excluding hydrogens is 412 g/mol. The first-order valence-corrected chi connectivity index (χ1v) is 10.6. The number of carbonyl (C=O) groups excluding carboxylic acids is 1. The number of nitrogens with one attached hydrogen (secondary N) is 1. The summed E-state index contributed by atoms with van der Waals surface area (Å²) in [4.78, 5) is 27.4. The summed E-state index contributed by atoms with van der Waals surface area (Å²) in [6.45, 7) is 6.82. The van der Waals surface area contributed by atoms with E-state index in [1.165, 1.54) is 0 Å². The molecule has 0 aromatic carbocycles. The van der Waals surface area contributed by atoms with Crippen molar-refractivity contribution in [3.05, 3.63) is 36.7 Å². The first kappa shape index (κ1) is 21.9. The Bertz CT molecular complexity index is 1060. The van der Waals surface area contributed by atoms with Crippen LogP contribution in [-0.2, 0) is 16.1 Å². The Morgan fingerprint density at radius 3 is 2.94 bits per heavy atom. The summed E-state index contributed by atoms with van der Waals surface area (Å²) < 4.78 is 8.85. The standard InChI is InChI=1S/C21H28N8O3/c1-14(2)18-19(25-21(26-20(18)31)28-5-4-22-13-28)15-8-24-29(10-15)12-17(30)23-9-16-11-27(3)6-7-32-16/h4-5,8,10,13-14,16H,6-7,9,11-12H2,1-3H3,(H,23,30)(H,25,26,31). The number of aromatic nitrogens is 6. The molecule has 4 rings (SSSR count). The second kappa shape index (κ2) is 9.45. The highest BCUT2D eigenvalue weighted by Crippen LogP contribution is 2.33. The Labute approximate surface area is 186 Å². The van der Waals surface area contributed by atoms with Gasteiger partial charge < -0.3 is 20.1 Å². The first-order chi connectivity index (χ1) is 15.4. The fourth-order valence-corrected chi connectivity index (χ4v) is 3.68. The molecule has 4 heterocycles. The van der Waals surface area contributed by atoms with Gasteiger partial charge in [-0.1, -0.05) is 13.8 Å². The summed E-state index contributed by atoms with van der Waals surface area (Å²) in [5, 5.41) is 17.8. The molecule has 32 heavy (non-hydrogen) atoms. The van der Waals surface area contributed by atoms with Crippen molar-refractivity contribution < 1.29 is 14.6 Å². The number of morpholine rings is 1. The monoisotopic (exact) mass is 440 g/mol. The van der Waals surface area contributed by atoms with Crippen molar-refractivity contribution in [1.82, 2.24) is 39.5 Å². The zero-order valence-corrected chi connectivity index (χ0v) is 18.5. The lowest BCUT2D eigenvalue weighted by Gasteiger charge is -2.30. The van der Waals surface area contributed by atoms with Crippen molar-refractivity contribution in [2.45, 2.75) is 32.4 Å². The van der Waals surface area contributed by atoms with Crippen LogP contribution in [0.15, 0.2) is 31.1 Å². The van der Waals surface area contributed by atoms with E-state index in [9.17, 15) is 9.90 Å². The van der Waals surface area contributed by atoms with Gasteiger partial charge in [0.1, 0.15) is 12.9 Å². The molecule has 1 amide bonds. The fourth-order valence-electron chi connectivity index (χ4n) is 3.68. The van der Waals surface area contributed by atoms with Gasteiger partial charge in [-0.3, -0.25) is 14.0 Å². The molecule has 1 aliphatic rings. The van der Waals surface area contributed by atoms with Gasteiger partial charge in [0.25, 0.3) is 0 Å². The van der Waals surface area contributed by atoms with Crippen LogP contribution >= 0.6 is 0 Å². The van der Waals surface area contributed by atoms with Crippen LogP contribution in [0.1, 0.15) is 25.3 Å². The normalized spacial score (nSPS) is 17.1. The van der Waals surface area contributed by atoms with Crippen LogP contribution < -0.4 is 5.32 Å². The Morgan fingerprint density at radius 2 is 2.22 bits per heavy atom. The molecule has 11 nitrogen and oxygen atoms in total. The molecule has 3 aromatic heterocycles. The summed E-state index contributed by atoms with van der Waals surface area (Å²) >= 11 is 0. The molecule has 1 fully saturated rings. The maximum absolute atomic E-state index is 12.4. The third-order valence-electron chi connectivity index (χ3n) is 5.31. The van der Waals surface area contributed by atoms with Crippen LogP contribution in [0.4, 0.5) is 0 Å². The highest BCUT2D eigenvalue weighted by atomic mass is 16.5. The minimum absolute atomic E-state index is 0.00919. The molecule has 1 unspecified atom stereocenters. The third kappa shape index (κ3) is 4.94. The van der Waals surface area contributed by atoms with Crippen LogP contribution in [0.5, 0.6) is 5.88 Å². The van der Waals surface area contributed by atoms with Gasteiger partial charge in [-0.15, -0.1) is 0 Å². The minimum Gasteiger partial charge on any atom is -0.493 e. The van der Waals surface area contributed by atoms with E-state index >= 15 is 0 Å². The summed E-state index contributed by atoms with van der Waals surface area (Å²) in [6, 6.07) is 0. The molecule has 3 aromatic rings. The highest BCUT2D eigenvalue weighted by Gasteiger charge is 2.21. The Kier molecular flexibility index (Phi) is 6.47. The van der Waals surface area contributed by atoms with E-state index in [0.717, 1.165) is 13.1 Å². The Morgan fingerprint density at radius 1 is 1.38 bits per heavy atom. The lowest BCUT2D eigenvalue weighted by Crippen LogP contribution is -2.46. The molecule has 0 bridgehead atoms. The topological polar surface area (TPSA) is 123 Å². The van der Waals surface area contributed by atoms with Crippen LogP contribution in [0.2, 0.25) is 0 Å². The molecule has 1 atom stereocenters. The number of hydrogen-bond donors (Lipinski definition) is 2. The van der Waals surface area contributed by atoms with Gasteiger partial charge in [0, 0.05) is 49.4 Å². The van der Waals surface area contributed by atoms with Crippen LogP contribution in [0, 0.1) is 0 Å². The lowest BCUT2D eigenvalue weighted by molar-refractivity contribution is -0.123. The van der Waals surface area contributed by atoms with Crippen LogP contribution in [0.25, 0.3) is 17.2 Å². The van der Waals surface area contributed by atoms with E-state index in [0.29, 0.717) is 35.9 Å². The van der Waals surface area contributed by atoms with Gasteiger partial charge >= 0.3 is 0 Å². The molecule has 2 N–H and O–H groups in total. The van der Waals surface area contributed by atoms with E-state index in [2.05, 4.69) is 30.3 Å². The average Bonchev–Trinajstić information content (AvgIpc) is 3.44. The van der Waals surface area contributed by atoms with Crippen molar-refractivity contribution in [2.24, 2.45) is 0 Å². The zero-order valence-electron chi connectivity index (χ0n) is 18.5. The smallest absolute Gasteiger partial charge is 0.241 e. The Hall–Kier alpha value is -3.31. The van der Waals surface area contributed by atoms with Gasteiger partial charge in [-0.2, -0.15) is 10.1 Å². The van der Waals surface area contributed by atoms with Crippen LogP contribution in [-0.4, -0.2) is 84.6 Å². The summed E-state index contributed by atoms with van der Waals surface area (Å²) in [5.41, 5.74) is 1.88. The quantitative estimate of drug-likeness (QED) is 0.553. The van der Waals surface area contributed by atoms with E-state index in [4.69, 9.17) is 4.74 Å². The second-order valence-corrected chi connectivity index (χ2v) is 8.22. The minimum atomic E-state index is -0.148. The Balaban J connectivity index is 1.49. The number of rotatable bonds is 7. The zero-order chi connectivity index (χ0) is 22.7. The van der Waals surface area contributed by atoms with E-state index in [-0.39, 0.29) is 30.4 Å². The molecule has 1 aliphatic heterocycles. The molecule has 170 valence electrons. The SMILES string of the molecule is CC(C)c1c(O)nc(-n2ccnc2)nc1-c1cnn(CC(=O)NCC2CN(C)CCO2)c1. The number of amides is 1. The number of hydrogen-bond acceptors (Lipinski definition) is 8. The number of imidazole rings is 1. The first-order valence-electron chi connectivity index (χ1n) is 10.6. The summed E-state index contributed by atoms with van der Waals surface area (Å²) in [5.74, 6) is 0.0614. The molecule has 0 radical (unpaired) electrons. The fraction of sp³-hybridized carbons (Fsp3) is 0.476. The predicted octanol–water partition coefficient (Wildman–Crippen LogP) is 0.802. The molecule has 0 spiro atoms. The van der Waals surface area contributed by atoms with E-state index < -0.39 is 0 Å². The summed E-state index contributed by atoms with van der Waals surface area (Å²) in [6.07, 6.45) is 8.26. The van der Waals surface area contributed by atoms with Gasteiger partial charge in [-0.25, -0.2) is 9.97 Å². The molecule has 0 saturated carbocycles. The molecule has 1 saturated heterocycles. The van der Waals surface area contributed by atoms with E-state index in [1.807, 2.05) is 20.9 Å². The van der Waals surface area contributed by atoms with E-state index in [1.54, 1.807) is 40.4 Å². The van der Waals surface area contributed by atoms with Crippen LogP contribution in [0.3, 0.4) is 0 Å². The van der Waals surface area contributed by atoms with Gasteiger partial charge in [0.2, 0.25) is 17.7 Å². The van der Waals surface area contributed by atoms with Crippen molar-refractivity contribution >= 4 is 5.91 Å². The number of carbonyl (C=O) groups is 1. The summed E-state index contributed by atoms with van der Waals surface area (Å²) in [7, 11) is 2.04. The van der Waals surface area contributed by atoms with Gasteiger partial charge in [-0.05, 0) is 13.0 Å². The predicted molar refractivity (Wildman–Crippen MR) is 116 cm³/mol. The number of nitrogens with zero attached hydrogens (tertiary/aromatic N) is 7. The number of ether oxygens (including phenoxy) is 1. The average molecular weight is 441 g/mol. The van der Waals surface area contributed by atoms with Crippen molar-refractivity contribution in [2.75, 3.05) is 33.3 Å². The van der Waals surface area contributed by atoms with Gasteiger partial charge in [0.15, 0.2) is 0 Å². The van der Waals surface area contributed by atoms with Crippen molar-refractivity contribution in [3.63, 3.8) is 0 Å². The number of likely N-dealkylation sites (N-methyl/N-ethyl adjacent to an activating group) is 1. The second-order valence-electron chi connectivity index (χ2n) is 8.22. The largest absolute Gasteiger partial charge is 0.493 e. The molecular formula is C21H28N8O3. The third-order valence-corrected chi connectivity index (χ3v) is 5.31. The maximum atomic E-state index is 12.4. The van der Waals surface area contributed by atoms with Crippen molar-refractivity contribution in [3.8, 4) is 23.1 Å². The van der Waals surface area contributed by atoms with Crippen molar-refractivity contribution in [1.29, 1.82) is 0 Å². The highest BCUT2D eigenvalue weighted by molar-refractivity contribution is 5.76.